The van der Waals surface area contributed by atoms with Crippen LogP contribution in [0.1, 0.15) is 13.3 Å². The van der Waals surface area contributed by atoms with Crippen molar-refractivity contribution in [1.82, 2.24) is 0 Å². The van der Waals surface area contributed by atoms with Gasteiger partial charge in [-0.15, -0.1) is 0 Å². The van der Waals surface area contributed by atoms with E-state index in [9.17, 15) is 5.11 Å². The highest BCUT2D eigenvalue weighted by Crippen LogP contribution is 2.44. The number of aliphatic hydroxyl groups is 1. The summed E-state index contributed by atoms with van der Waals surface area (Å²) in [5, 5.41) is 9.64. The predicted molar refractivity (Wildman–Crippen MR) is 39.0 cm³/mol. The molecule has 0 radical (unpaired) electrons. The van der Waals surface area contributed by atoms with Gasteiger partial charge in [-0.3, -0.25) is 0 Å². The van der Waals surface area contributed by atoms with E-state index in [0.29, 0.717) is 12.4 Å². The lowest BCUT2D eigenvalue weighted by Crippen LogP contribution is -2.37. The largest absolute Gasteiger partial charge is 0.487 e. The minimum Gasteiger partial charge on any atom is -0.487 e. The molecule has 2 fully saturated rings. The van der Waals surface area contributed by atoms with Gasteiger partial charge in [-0.25, -0.2) is 0 Å². The lowest BCUT2D eigenvalue weighted by Gasteiger charge is -2.26. The minimum absolute atomic E-state index is 0.178. The van der Waals surface area contributed by atoms with Crippen molar-refractivity contribution in [2.24, 2.45) is 0 Å². The Morgan fingerprint density at radius 1 is 1.82 bits per heavy atom. The summed E-state index contributed by atoms with van der Waals surface area (Å²) in [6.45, 7) is 6.18. The summed E-state index contributed by atoms with van der Waals surface area (Å²) < 4.78 is 10.7. The minimum atomic E-state index is -0.593. The number of fused-ring (bicyclic) bond motifs is 2. The van der Waals surface area contributed by atoms with Crippen LogP contribution in [0.4, 0.5) is 0 Å². The van der Waals surface area contributed by atoms with E-state index in [1.165, 1.54) is 0 Å². The van der Waals surface area contributed by atoms with E-state index in [0.717, 1.165) is 6.42 Å². The summed E-state index contributed by atoms with van der Waals surface area (Å²) in [5.74, 6) is 0.587. The Hall–Kier alpha value is -0.540. The SMILES string of the molecule is C=C1O[C@H]2CO[C@]1(CC)[C@H]2O. The molecular weight excluding hydrogens is 144 g/mol. The Morgan fingerprint density at radius 3 is 2.82 bits per heavy atom. The third-order valence-electron chi connectivity index (χ3n) is 2.63. The first-order chi connectivity index (χ1) is 5.20. The first-order valence-electron chi connectivity index (χ1n) is 3.89. The Bertz CT molecular complexity index is 202. The Morgan fingerprint density at radius 2 is 2.55 bits per heavy atom. The zero-order valence-electron chi connectivity index (χ0n) is 6.54. The van der Waals surface area contributed by atoms with E-state index in [-0.39, 0.29) is 6.10 Å². The normalized spacial score (nSPS) is 48.0. The Balaban J connectivity index is 2.35. The maximum Gasteiger partial charge on any atom is 0.154 e. The molecule has 0 unspecified atom stereocenters. The number of hydrogen-bond donors (Lipinski definition) is 1. The average molecular weight is 156 g/mol. The van der Waals surface area contributed by atoms with Gasteiger partial charge in [-0.05, 0) is 6.42 Å². The maximum absolute atomic E-state index is 9.64. The summed E-state index contributed by atoms with van der Waals surface area (Å²) in [6.07, 6.45) is 0.0335. The highest BCUT2D eigenvalue weighted by Gasteiger charge is 2.58. The van der Waals surface area contributed by atoms with Crippen LogP contribution >= 0.6 is 0 Å². The number of hydrogen-bond acceptors (Lipinski definition) is 3. The second-order valence-corrected chi connectivity index (χ2v) is 3.08. The van der Waals surface area contributed by atoms with Gasteiger partial charge in [0.05, 0.1) is 6.61 Å². The van der Waals surface area contributed by atoms with Crippen LogP contribution in [0.3, 0.4) is 0 Å². The third kappa shape index (κ3) is 0.650. The van der Waals surface area contributed by atoms with Crippen LogP contribution in [-0.4, -0.2) is 29.5 Å². The second kappa shape index (κ2) is 1.99. The molecule has 0 saturated carbocycles. The van der Waals surface area contributed by atoms with Gasteiger partial charge in [0.15, 0.2) is 11.7 Å². The fourth-order valence-corrected chi connectivity index (χ4v) is 1.84. The van der Waals surface area contributed by atoms with E-state index in [1.807, 2.05) is 6.92 Å². The van der Waals surface area contributed by atoms with E-state index in [4.69, 9.17) is 9.47 Å². The van der Waals surface area contributed by atoms with Crippen LogP contribution in [0.25, 0.3) is 0 Å². The van der Waals surface area contributed by atoms with Crippen molar-refractivity contribution in [3.8, 4) is 0 Å². The van der Waals surface area contributed by atoms with Gasteiger partial charge >= 0.3 is 0 Å². The molecule has 0 aliphatic carbocycles. The molecule has 0 aromatic rings. The molecule has 62 valence electrons. The zero-order valence-corrected chi connectivity index (χ0v) is 6.54. The molecule has 2 heterocycles. The third-order valence-corrected chi connectivity index (χ3v) is 2.63. The molecule has 0 aromatic heterocycles. The van der Waals surface area contributed by atoms with E-state index >= 15 is 0 Å². The zero-order chi connectivity index (χ0) is 8.06. The highest BCUT2D eigenvalue weighted by atomic mass is 16.6. The van der Waals surface area contributed by atoms with Gasteiger partial charge in [0.1, 0.15) is 11.9 Å². The smallest absolute Gasteiger partial charge is 0.154 e. The van der Waals surface area contributed by atoms with Crippen molar-refractivity contribution < 1.29 is 14.6 Å². The first-order valence-corrected chi connectivity index (χ1v) is 3.89. The summed E-state index contributed by atoms with van der Waals surface area (Å²) >= 11 is 0. The number of aliphatic hydroxyl groups excluding tert-OH is 1. The van der Waals surface area contributed by atoms with Crippen molar-refractivity contribution >= 4 is 0 Å². The van der Waals surface area contributed by atoms with Gasteiger partial charge in [0, 0.05) is 0 Å². The molecule has 0 aromatic carbocycles. The Kier molecular flexibility index (Phi) is 1.29. The highest BCUT2D eigenvalue weighted by molar-refractivity contribution is 5.21. The molecule has 0 amide bonds. The van der Waals surface area contributed by atoms with Crippen molar-refractivity contribution in [3.63, 3.8) is 0 Å². The molecule has 2 bridgehead atoms. The lowest BCUT2D eigenvalue weighted by molar-refractivity contribution is -0.0592. The fraction of sp³-hybridized carbons (Fsp3) is 0.750. The van der Waals surface area contributed by atoms with Crippen molar-refractivity contribution in [3.05, 3.63) is 12.3 Å². The van der Waals surface area contributed by atoms with Crippen molar-refractivity contribution in [1.29, 1.82) is 0 Å². The van der Waals surface area contributed by atoms with Crippen LogP contribution in [0, 0.1) is 0 Å². The average Bonchev–Trinajstić information content (AvgIpc) is 2.42. The van der Waals surface area contributed by atoms with Crippen LogP contribution in [0.15, 0.2) is 12.3 Å². The van der Waals surface area contributed by atoms with Crippen molar-refractivity contribution in [2.75, 3.05) is 6.61 Å². The molecule has 3 nitrogen and oxygen atoms in total. The second-order valence-electron chi connectivity index (χ2n) is 3.08. The molecule has 3 heteroatoms. The molecule has 0 spiro atoms. The molecule has 11 heavy (non-hydrogen) atoms. The van der Waals surface area contributed by atoms with Gasteiger partial charge in [0.2, 0.25) is 0 Å². The summed E-state index contributed by atoms with van der Waals surface area (Å²) in [4.78, 5) is 0. The van der Waals surface area contributed by atoms with Gasteiger partial charge in [0.25, 0.3) is 0 Å². The molecule has 1 N–H and O–H groups in total. The van der Waals surface area contributed by atoms with Gasteiger partial charge in [-0.1, -0.05) is 13.5 Å². The topological polar surface area (TPSA) is 38.7 Å². The number of ether oxygens (including phenoxy) is 2. The molecule has 2 rings (SSSR count). The first kappa shape index (κ1) is 7.13. The van der Waals surface area contributed by atoms with Gasteiger partial charge < -0.3 is 14.6 Å². The molecule has 3 atom stereocenters. The predicted octanol–water partition coefficient (Wildman–Crippen LogP) is 0.439. The van der Waals surface area contributed by atoms with Crippen LogP contribution in [0.2, 0.25) is 0 Å². The quantitative estimate of drug-likeness (QED) is 0.598. The molecule has 2 saturated heterocycles. The van der Waals surface area contributed by atoms with Crippen molar-refractivity contribution in [2.45, 2.75) is 31.2 Å². The van der Waals surface area contributed by atoms with Crippen LogP contribution < -0.4 is 0 Å². The molecular formula is C8H12O3. The number of rotatable bonds is 1. The maximum atomic E-state index is 9.64. The summed E-state index contributed by atoms with van der Waals surface area (Å²) in [7, 11) is 0. The lowest BCUT2D eigenvalue weighted by atomic mass is 9.94. The molecule has 2 aliphatic rings. The van der Waals surface area contributed by atoms with Crippen LogP contribution in [0.5, 0.6) is 0 Å². The fourth-order valence-electron chi connectivity index (χ4n) is 1.84. The van der Waals surface area contributed by atoms with E-state index in [2.05, 4.69) is 6.58 Å². The Labute approximate surface area is 65.6 Å². The monoisotopic (exact) mass is 156 g/mol. The van der Waals surface area contributed by atoms with E-state index in [1.54, 1.807) is 0 Å². The molecule has 2 aliphatic heterocycles. The van der Waals surface area contributed by atoms with E-state index < -0.39 is 11.7 Å². The van der Waals surface area contributed by atoms with Gasteiger partial charge in [-0.2, -0.15) is 0 Å². The summed E-state index contributed by atoms with van der Waals surface area (Å²) in [6, 6.07) is 0. The summed E-state index contributed by atoms with van der Waals surface area (Å²) in [5.41, 5.74) is -0.593. The standard InChI is InChI=1S/C8H12O3/c1-3-8-5(2)11-6(4-10-8)7(8)9/h6-7,9H,2-4H2,1H3/t6-,7-,8-/m0/s1. The van der Waals surface area contributed by atoms with Crippen LogP contribution in [-0.2, 0) is 9.47 Å².